The van der Waals surface area contributed by atoms with Crippen molar-refractivity contribution in [2.75, 3.05) is 13.6 Å². The molecule has 1 aromatic carbocycles. The van der Waals surface area contributed by atoms with E-state index in [1.165, 1.54) is 11.3 Å². The number of thiazole rings is 1. The number of nitrogens with zero attached hydrogens (tertiary/aromatic N) is 2. The molecular formula is C27H39F3N4O4S2. The van der Waals surface area contributed by atoms with Gasteiger partial charge in [-0.25, -0.2) is 18.1 Å². The van der Waals surface area contributed by atoms with E-state index in [4.69, 9.17) is 0 Å². The van der Waals surface area contributed by atoms with Gasteiger partial charge in [0.1, 0.15) is 5.69 Å². The number of sulfonamides is 1. The highest BCUT2D eigenvalue weighted by Gasteiger charge is 2.45. The fourth-order valence-corrected chi connectivity index (χ4v) is 5.55. The molecule has 0 saturated heterocycles. The molecule has 1 heterocycles. The minimum Gasteiger partial charge on any atom is -0.346 e. The van der Waals surface area contributed by atoms with Crippen LogP contribution in [0.15, 0.2) is 35.7 Å². The number of benzene rings is 1. The first-order chi connectivity index (χ1) is 18.6. The van der Waals surface area contributed by atoms with Crippen molar-refractivity contribution in [1.29, 1.82) is 0 Å². The van der Waals surface area contributed by atoms with Crippen LogP contribution in [-0.2, 0) is 27.7 Å². The molecule has 40 heavy (non-hydrogen) atoms. The number of halogens is 3. The highest BCUT2D eigenvalue weighted by Crippen LogP contribution is 2.22. The van der Waals surface area contributed by atoms with Crippen LogP contribution >= 0.6 is 11.3 Å². The Morgan fingerprint density at radius 1 is 1.12 bits per heavy atom. The molecule has 2 rings (SSSR count). The van der Waals surface area contributed by atoms with Crippen LogP contribution in [-0.4, -0.2) is 61.3 Å². The molecule has 1 aromatic heterocycles. The third kappa shape index (κ3) is 10.2. The molecule has 0 spiro atoms. The zero-order valence-electron chi connectivity index (χ0n) is 23.5. The molecule has 3 atom stereocenters. The second kappa shape index (κ2) is 14.9. The van der Waals surface area contributed by atoms with Crippen LogP contribution in [0.5, 0.6) is 0 Å². The monoisotopic (exact) mass is 604 g/mol. The summed E-state index contributed by atoms with van der Waals surface area (Å²) in [5.41, 5.74) is -4.65. The van der Waals surface area contributed by atoms with Gasteiger partial charge in [-0.1, -0.05) is 64.4 Å². The summed E-state index contributed by atoms with van der Waals surface area (Å²) >= 11 is 1.28. The van der Waals surface area contributed by atoms with Gasteiger partial charge in [-0.2, -0.15) is 13.2 Å². The third-order valence-corrected chi connectivity index (χ3v) is 8.87. The van der Waals surface area contributed by atoms with E-state index in [-0.39, 0.29) is 30.0 Å². The number of nitrogens with one attached hydrogen (secondary N) is 2. The van der Waals surface area contributed by atoms with Gasteiger partial charge in [-0.3, -0.25) is 9.59 Å². The summed E-state index contributed by atoms with van der Waals surface area (Å²) in [6.45, 7) is 7.57. The highest BCUT2D eigenvalue weighted by atomic mass is 32.2. The van der Waals surface area contributed by atoms with Crippen LogP contribution in [0.25, 0.3) is 0 Å². The Hall–Kier alpha value is -2.51. The van der Waals surface area contributed by atoms with Crippen molar-refractivity contribution < 1.29 is 31.2 Å². The lowest BCUT2D eigenvalue weighted by Gasteiger charge is -2.32. The van der Waals surface area contributed by atoms with E-state index in [2.05, 4.69) is 31.1 Å². The fourth-order valence-electron chi connectivity index (χ4n) is 4.17. The molecule has 2 amide bonds. The predicted octanol–water partition coefficient (Wildman–Crippen LogP) is 4.78. The number of rotatable bonds is 15. The average Bonchev–Trinajstić information content (AvgIpc) is 3.36. The SMILES string of the molecule is CC[C@H](C)CC(=O)N(C)[C@H](CCc1nc(C(=O)N[C@H](CNS(=O)(=O)C(F)(F)F)Cc2ccccc2)cs1)C(C)C. The predicted molar refractivity (Wildman–Crippen MR) is 150 cm³/mol. The van der Waals surface area contributed by atoms with Gasteiger partial charge >= 0.3 is 15.5 Å². The Morgan fingerprint density at radius 3 is 2.35 bits per heavy atom. The summed E-state index contributed by atoms with van der Waals surface area (Å²) in [5, 5.41) is 4.87. The first-order valence-corrected chi connectivity index (χ1v) is 15.6. The number of carbonyl (C=O) groups excluding carboxylic acids is 2. The molecule has 0 bridgehead atoms. The molecule has 0 aliphatic carbocycles. The van der Waals surface area contributed by atoms with Crippen LogP contribution in [0.1, 0.15) is 68.0 Å². The van der Waals surface area contributed by atoms with Gasteiger partial charge in [-0.15, -0.1) is 11.3 Å². The van der Waals surface area contributed by atoms with E-state index in [9.17, 15) is 31.2 Å². The summed E-state index contributed by atoms with van der Waals surface area (Å²) in [4.78, 5) is 31.9. The van der Waals surface area contributed by atoms with E-state index in [1.807, 2.05) is 14.0 Å². The van der Waals surface area contributed by atoms with Crippen LogP contribution in [0, 0.1) is 11.8 Å². The maximum Gasteiger partial charge on any atom is 0.511 e. The molecule has 0 aliphatic rings. The molecule has 8 nitrogen and oxygen atoms in total. The lowest BCUT2D eigenvalue weighted by atomic mass is 9.96. The third-order valence-electron chi connectivity index (χ3n) is 6.80. The minimum absolute atomic E-state index is 0.00496. The van der Waals surface area contributed by atoms with Crippen molar-refractivity contribution >= 4 is 33.2 Å². The van der Waals surface area contributed by atoms with Crippen molar-refractivity contribution in [3.8, 4) is 0 Å². The first kappa shape index (κ1) is 33.7. The topological polar surface area (TPSA) is 108 Å². The Morgan fingerprint density at radius 2 is 1.77 bits per heavy atom. The smallest absolute Gasteiger partial charge is 0.346 e. The molecule has 0 fully saturated rings. The van der Waals surface area contributed by atoms with Crippen molar-refractivity contribution in [1.82, 2.24) is 19.9 Å². The molecule has 2 N–H and O–H groups in total. The second-order valence-electron chi connectivity index (χ2n) is 10.4. The minimum atomic E-state index is -5.57. The van der Waals surface area contributed by atoms with Gasteiger partial charge in [-0.05, 0) is 30.2 Å². The van der Waals surface area contributed by atoms with Gasteiger partial charge < -0.3 is 10.2 Å². The molecule has 2 aromatic rings. The standard InChI is InChI=1S/C27H39F3N4O4S2/c1-6-19(4)14-25(35)34(5)23(18(2)3)12-13-24-33-22(17-39-24)26(36)32-21(15-20-10-8-7-9-11-20)16-31-40(37,38)27(28,29)30/h7-11,17-19,21,23,31H,6,12-16H2,1-5H3,(H,32,36)/t19-,21-,23+/m0/s1. The molecule has 0 radical (unpaired) electrons. The lowest BCUT2D eigenvalue weighted by molar-refractivity contribution is -0.133. The average molecular weight is 605 g/mol. The number of hydrogen-bond donors (Lipinski definition) is 2. The quantitative estimate of drug-likeness (QED) is 0.304. The zero-order chi connectivity index (χ0) is 30.1. The second-order valence-corrected chi connectivity index (χ2v) is 13.1. The Bertz CT molecular complexity index is 1200. The number of amides is 2. The van der Waals surface area contributed by atoms with E-state index in [1.54, 1.807) is 45.3 Å². The largest absolute Gasteiger partial charge is 0.511 e. The van der Waals surface area contributed by atoms with Gasteiger partial charge in [0.05, 0.1) is 5.01 Å². The number of hydrogen-bond acceptors (Lipinski definition) is 6. The van der Waals surface area contributed by atoms with Crippen molar-refractivity contribution in [2.24, 2.45) is 11.8 Å². The number of carbonyl (C=O) groups is 2. The summed E-state index contributed by atoms with van der Waals surface area (Å²) in [6, 6.07) is 7.75. The van der Waals surface area contributed by atoms with E-state index in [0.717, 1.165) is 6.42 Å². The van der Waals surface area contributed by atoms with Crippen molar-refractivity contribution in [3.63, 3.8) is 0 Å². The molecular weight excluding hydrogens is 565 g/mol. The van der Waals surface area contributed by atoms with Crippen LogP contribution in [0.3, 0.4) is 0 Å². The molecule has 0 unspecified atom stereocenters. The maximum atomic E-state index is 12.9. The van der Waals surface area contributed by atoms with Crippen LogP contribution in [0.2, 0.25) is 0 Å². The summed E-state index contributed by atoms with van der Waals surface area (Å²) in [7, 11) is -3.75. The van der Waals surface area contributed by atoms with Gasteiger partial charge in [0.2, 0.25) is 5.91 Å². The number of aryl methyl sites for hydroxylation is 1. The summed E-state index contributed by atoms with van der Waals surface area (Å²) < 4.78 is 63.0. The Kier molecular flexibility index (Phi) is 12.6. The van der Waals surface area contributed by atoms with Gasteiger partial charge in [0.15, 0.2) is 0 Å². The summed E-state index contributed by atoms with van der Waals surface area (Å²) in [6.07, 6.45) is 2.72. The number of aromatic nitrogens is 1. The van der Waals surface area contributed by atoms with Crippen molar-refractivity contribution in [2.45, 2.75) is 77.4 Å². The maximum absolute atomic E-state index is 12.9. The van der Waals surface area contributed by atoms with Gasteiger partial charge in [0.25, 0.3) is 5.91 Å². The van der Waals surface area contributed by atoms with Crippen molar-refractivity contribution in [3.05, 3.63) is 52.0 Å². The molecule has 13 heteroatoms. The Labute approximate surface area is 238 Å². The highest BCUT2D eigenvalue weighted by molar-refractivity contribution is 7.90. The molecule has 0 saturated carbocycles. The lowest BCUT2D eigenvalue weighted by Crippen LogP contribution is -2.47. The summed E-state index contributed by atoms with van der Waals surface area (Å²) in [5.74, 6) is -0.00104. The van der Waals surface area contributed by atoms with E-state index >= 15 is 0 Å². The van der Waals surface area contributed by atoms with Crippen LogP contribution < -0.4 is 10.0 Å². The van der Waals surface area contributed by atoms with Gasteiger partial charge in [0, 0.05) is 43.9 Å². The normalized spacial score (nSPS) is 14.5. The fraction of sp³-hybridized carbons (Fsp3) is 0.593. The van der Waals surface area contributed by atoms with E-state index < -0.39 is 34.0 Å². The van der Waals surface area contributed by atoms with E-state index in [0.29, 0.717) is 35.8 Å². The number of alkyl halides is 3. The van der Waals surface area contributed by atoms with Crippen LogP contribution in [0.4, 0.5) is 13.2 Å². The molecule has 224 valence electrons. The Balaban J connectivity index is 2.07. The molecule has 0 aliphatic heterocycles. The zero-order valence-corrected chi connectivity index (χ0v) is 25.1. The first-order valence-electron chi connectivity index (χ1n) is 13.2.